The van der Waals surface area contributed by atoms with E-state index < -0.39 is 0 Å². The van der Waals surface area contributed by atoms with E-state index in [2.05, 4.69) is 4.98 Å². The van der Waals surface area contributed by atoms with Crippen LogP contribution in [0, 0.1) is 5.92 Å². The maximum atomic E-state index is 12.5. The molecular formula is C15H19N3O3. The van der Waals surface area contributed by atoms with Crippen molar-refractivity contribution in [2.24, 2.45) is 5.92 Å². The Balaban J connectivity index is 1.76. The quantitative estimate of drug-likeness (QED) is 0.751. The Morgan fingerprint density at radius 3 is 3.10 bits per heavy atom. The normalized spacial score (nSPS) is 26.2. The van der Waals surface area contributed by atoms with E-state index in [9.17, 15) is 9.59 Å². The van der Waals surface area contributed by atoms with Gasteiger partial charge in [0.1, 0.15) is 6.61 Å². The summed E-state index contributed by atoms with van der Waals surface area (Å²) in [5, 5.41) is 0. The molecule has 2 amide bonds. The van der Waals surface area contributed by atoms with Gasteiger partial charge in [-0.3, -0.25) is 14.6 Å². The second-order valence-electron chi connectivity index (χ2n) is 5.63. The van der Waals surface area contributed by atoms with Gasteiger partial charge < -0.3 is 14.5 Å². The van der Waals surface area contributed by atoms with Crippen molar-refractivity contribution >= 4 is 11.8 Å². The molecule has 2 fully saturated rings. The summed E-state index contributed by atoms with van der Waals surface area (Å²) < 4.78 is 5.42. The number of amides is 2. The van der Waals surface area contributed by atoms with Crippen molar-refractivity contribution in [2.45, 2.75) is 12.5 Å². The van der Waals surface area contributed by atoms with Crippen molar-refractivity contribution in [3.63, 3.8) is 0 Å². The first-order chi connectivity index (χ1) is 10.2. The number of aromatic nitrogens is 1. The molecule has 2 aliphatic rings. The van der Waals surface area contributed by atoms with E-state index in [1.807, 2.05) is 4.90 Å². The highest BCUT2D eigenvalue weighted by atomic mass is 16.5. The molecule has 0 aliphatic carbocycles. The van der Waals surface area contributed by atoms with Gasteiger partial charge in [0.25, 0.3) is 5.91 Å². The molecule has 0 spiro atoms. The number of nitrogens with zero attached hydrogens (tertiary/aromatic N) is 3. The van der Waals surface area contributed by atoms with Gasteiger partial charge >= 0.3 is 0 Å². The van der Waals surface area contributed by atoms with Gasteiger partial charge in [-0.2, -0.15) is 0 Å². The Morgan fingerprint density at radius 1 is 1.48 bits per heavy atom. The van der Waals surface area contributed by atoms with Gasteiger partial charge in [-0.15, -0.1) is 0 Å². The van der Waals surface area contributed by atoms with Gasteiger partial charge in [-0.25, -0.2) is 0 Å². The van der Waals surface area contributed by atoms with E-state index in [1.165, 1.54) is 0 Å². The summed E-state index contributed by atoms with van der Waals surface area (Å²) in [6.07, 6.45) is 4.09. The number of carbonyl (C=O) groups is 2. The summed E-state index contributed by atoms with van der Waals surface area (Å²) in [6, 6.07) is 3.57. The maximum absolute atomic E-state index is 12.5. The van der Waals surface area contributed by atoms with Crippen molar-refractivity contribution in [2.75, 3.05) is 33.4 Å². The molecule has 1 aromatic rings. The standard InChI is InChI=1S/C15H19N3O3/c1-17-13-8-18(15(20)11-3-2-5-16-7-11)6-4-12(13)9-21-10-14(17)19/h2-3,5,7,12-13H,4,6,8-10H2,1H3/t12-,13-/m0/s1. The van der Waals surface area contributed by atoms with E-state index in [0.29, 0.717) is 31.2 Å². The molecule has 0 bridgehead atoms. The molecule has 2 saturated heterocycles. The first kappa shape index (κ1) is 14.0. The SMILES string of the molecule is CN1C(=O)COC[C@@H]2CCN(C(=O)c3cccnc3)C[C@@H]21. The third-order valence-electron chi connectivity index (χ3n) is 4.37. The second kappa shape index (κ2) is 5.81. The maximum Gasteiger partial charge on any atom is 0.255 e. The van der Waals surface area contributed by atoms with Crippen molar-refractivity contribution in [3.8, 4) is 0 Å². The molecule has 0 N–H and O–H groups in total. The molecule has 0 aromatic carbocycles. The van der Waals surface area contributed by atoms with Gasteiger partial charge in [0.2, 0.25) is 5.91 Å². The zero-order valence-corrected chi connectivity index (χ0v) is 12.1. The van der Waals surface area contributed by atoms with Crippen molar-refractivity contribution in [1.29, 1.82) is 0 Å². The van der Waals surface area contributed by atoms with Crippen LogP contribution >= 0.6 is 0 Å². The van der Waals surface area contributed by atoms with Crippen molar-refractivity contribution in [3.05, 3.63) is 30.1 Å². The summed E-state index contributed by atoms with van der Waals surface area (Å²) in [5.41, 5.74) is 0.592. The highest BCUT2D eigenvalue weighted by molar-refractivity contribution is 5.94. The lowest BCUT2D eigenvalue weighted by Crippen LogP contribution is -2.54. The number of likely N-dealkylation sites (N-methyl/N-ethyl adjacent to an activating group) is 1. The van der Waals surface area contributed by atoms with Gasteiger partial charge in [0.05, 0.1) is 18.2 Å². The zero-order valence-electron chi connectivity index (χ0n) is 12.1. The molecule has 2 atom stereocenters. The first-order valence-electron chi connectivity index (χ1n) is 7.19. The molecule has 0 unspecified atom stereocenters. The molecule has 21 heavy (non-hydrogen) atoms. The Kier molecular flexibility index (Phi) is 3.88. The number of ether oxygens (including phenoxy) is 1. The third kappa shape index (κ3) is 2.76. The minimum absolute atomic E-state index is 0.0156. The lowest BCUT2D eigenvalue weighted by molar-refractivity contribution is -0.134. The zero-order chi connectivity index (χ0) is 14.8. The fourth-order valence-electron chi connectivity index (χ4n) is 3.05. The van der Waals surface area contributed by atoms with E-state index in [1.54, 1.807) is 36.5 Å². The molecule has 1 aromatic heterocycles. The van der Waals surface area contributed by atoms with Crippen LogP contribution in [0.15, 0.2) is 24.5 Å². The summed E-state index contributed by atoms with van der Waals surface area (Å²) in [7, 11) is 1.80. The topological polar surface area (TPSA) is 62.7 Å². The van der Waals surface area contributed by atoms with Gasteiger partial charge in [-0.05, 0) is 18.6 Å². The molecule has 3 heterocycles. The summed E-state index contributed by atoms with van der Waals surface area (Å²) >= 11 is 0. The van der Waals surface area contributed by atoms with Crippen LogP contribution in [0.2, 0.25) is 0 Å². The molecule has 6 nitrogen and oxygen atoms in total. The van der Waals surface area contributed by atoms with Crippen LogP contribution in [0.5, 0.6) is 0 Å². The van der Waals surface area contributed by atoms with Crippen LogP contribution in [0.4, 0.5) is 0 Å². The number of hydrogen-bond acceptors (Lipinski definition) is 4. The minimum atomic E-state index is -0.0208. The predicted molar refractivity (Wildman–Crippen MR) is 75.6 cm³/mol. The first-order valence-corrected chi connectivity index (χ1v) is 7.19. The van der Waals surface area contributed by atoms with Gasteiger partial charge in [0.15, 0.2) is 0 Å². The molecule has 6 heteroatoms. The largest absolute Gasteiger partial charge is 0.371 e. The summed E-state index contributed by atoms with van der Waals surface area (Å²) in [4.78, 5) is 31.9. The van der Waals surface area contributed by atoms with Crippen molar-refractivity contribution in [1.82, 2.24) is 14.8 Å². The van der Waals surface area contributed by atoms with Crippen LogP contribution in [0.3, 0.4) is 0 Å². The summed E-state index contributed by atoms with van der Waals surface area (Å²) in [5.74, 6) is 0.269. The lowest BCUT2D eigenvalue weighted by atomic mass is 9.91. The highest BCUT2D eigenvalue weighted by Gasteiger charge is 2.37. The number of hydrogen-bond donors (Lipinski definition) is 0. The predicted octanol–water partition coefficient (Wildman–Crippen LogP) is 0.401. The average molecular weight is 289 g/mol. The molecule has 3 rings (SSSR count). The number of fused-ring (bicyclic) bond motifs is 1. The van der Waals surface area contributed by atoms with Crippen LogP contribution in [0.1, 0.15) is 16.8 Å². The van der Waals surface area contributed by atoms with Gasteiger partial charge in [0, 0.05) is 38.4 Å². The van der Waals surface area contributed by atoms with E-state index in [0.717, 1.165) is 6.42 Å². The van der Waals surface area contributed by atoms with E-state index >= 15 is 0 Å². The highest BCUT2D eigenvalue weighted by Crippen LogP contribution is 2.25. The number of rotatable bonds is 1. The van der Waals surface area contributed by atoms with Crippen LogP contribution in [-0.4, -0.2) is 66.0 Å². The van der Waals surface area contributed by atoms with E-state index in [4.69, 9.17) is 4.74 Å². The second-order valence-corrected chi connectivity index (χ2v) is 5.63. The number of piperidine rings is 1. The fraction of sp³-hybridized carbons (Fsp3) is 0.533. The molecule has 0 saturated carbocycles. The third-order valence-corrected chi connectivity index (χ3v) is 4.37. The van der Waals surface area contributed by atoms with Crippen LogP contribution in [0.25, 0.3) is 0 Å². The smallest absolute Gasteiger partial charge is 0.255 e. The van der Waals surface area contributed by atoms with Crippen LogP contribution < -0.4 is 0 Å². The lowest BCUT2D eigenvalue weighted by Gasteiger charge is -2.41. The Labute approximate surface area is 123 Å². The summed E-state index contributed by atoms with van der Waals surface area (Å²) in [6.45, 7) is 1.99. The Hall–Kier alpha value is -1.95. The molecule has 0 radical (unpaired) electrons. The Bertz CT molecular complexity index is 534. The van der Waals surface area contributed by atoms with Crippen molar-refractivity contribution < 1.29 is 14.3 Å². The molecule has 112 valence electrons. The number of likely N-dealkylation sites (tertiary alicyclic amines) is 1. The average Bonchev–Trinajstić information content (AvgIpc) is 2.67. The van der Waals surface area contributed by atoms with Gasteiger partial charge in [-0.1, -0.05) is 0 Å². The Morgan fingerprint density at radius 2 is 2.33 bits per heavy atom. The van der Waals surface area contributed by atoms with Crippen LogP contribution in [-0.2, 0) is 9.53 Å². The minimum Gasteiger partial charge on any atom is -0.371 e. The molecular weight excluding hydrogens is 270 g/mol. The fourth-order valence-corrected chi connectivity index (χ4v) is 3.05. The monoisotopic (exact) mass is 289 g/mol. The van der Waals surface area contributed by atoms with E-state index in [-0.39, 0.29) is 24.5 Å². The number of pyridine rings is 1. The number of carbonyl (C=O) groups excluding carboxylic acids is 2. The molecule has 2 aliphatic heterocycles.